The van der Waals surface area contributed by atoms with Gasteiger partial charge in [0.15, 0.2) is 0 Å². The molecule has 0 radical (unpaired) electrons. The highest BCUT2D eigenvalue weighted by molar-refractivity contribution is 5.99. The lowest BCUT2D eigenvalue weighted by Gasteiger charge is -2.22. The first-order chi connectivity index (χ1) is 9.60. The van der Waals surface area contributed by atoms with Crippen LogP contribution in [0.25, 0.3) is 0 Å². The maximum atomic E-state index is 12.2. The van der Waals surface area contributed by atoms with Crippen molar-refractivity contribution < 1.29 is 14.3 Å². The third kappa shape index (κ3) is 3.50. The van der Waals surface area contributed by atoms with Crippen molar-refractivity contribution in [2.75, 3.05) is 12.8 Å². The second kappa shape index (κ2) is 6.41. The molecule has 2 rings (SSSR count). The van der Waals surface area contributed by atoms with E-state index < -0.39 is 5.97 Å². The van der Waals surface area contributed by atoms with E-state index in [0.717, 1.165) is 25.7 Å². The summed E-state index contributed by atoms with van der Waals surface area (Å²) in [5.41, 5.74) is 6.80. The molecule has 1 amide bonds. The second-order valence-electron chi connectivity index (χ2n) is 5.14. The van der Waals surface area contributed by atoms with Crippen LogP contribution >= 0.6 is 0 Å². The third-order valence-corrected chi connectivity index (χ3v) is 3.58. The van der Waals surface area contributed by atoms with Crippen molar-refractivity contribution in [1.29, 1.82) is 0 Å². The van der Waals surface area contributed by atoms with Crippen LogP contribution in [0.15, 0.2) is 18.2 Å². The average molecular weight is 276 g/mol. The van der Waals surface area contributed by atoms with Gasteiger partial charge in [0.25, 0.3) is 5.91 Å². The number of nitrogens with two attached hydrogens (primary N) is 1. The molecular weight excluding hydrogens is 256 g/mol. The van der Waals surface area contributed by atoms with Gasteiger partial charge in [-0.2, -0.15) is 0 Å². The molecular formula is C15H20N2O3. The number of ether oxygens (including phenoxy) is 1. The molecule has 0 aliphatic heterocycles. The molecule has 0 saturated heterocycles. The lowest BCUT2D eigenvalue weighted by molar-refractivity contribution is 0.0601. The Balaban J connectivity index is 2.12. The topological polar surface area (TPSA) is 81.4 Å². The van der Waals surface area contributed by atoms with E-state index in [4.69, 9.17) is 5.73 Å². The van der Waals surface area contributed by atoms with Crippen LogP contribution in [0.4, 0.5) is 5.69 Å². The van der Waals surface area contributed by atoms with Gasteiger partial charge in [0.2, 0.25) is 0 Å². The van der Waals surface area contributed by atoms with Crippen LogP contribution in [-0.4, -0.2) is 25.0 Å². The van der Waals surface area contributed by atoms with E-state index >= 15 is 0 Å². The van der Waals surface area contributed by atoms with E-state index in [1.807, 2.05) is 0 Å². The number of esters is 1. The molecule has 1 aliphatic rings. The van der Waals surface area contributed by atoms with Crippen LogP contribution in [0.5, 0.6) is 0 Å². The van der Waals surface area contributed by atoms with Gasteiger partial charge >= 0.3 is 5.97 Å². The van der Waals surface area contributed by atoms with E-state index in [0.29, 0.717) is 16.8 Å². The van der Waals surface area contributed by atoms with Crippen LogP contribution in [0.3, 0.4) is 0 Å². The summed E-state index contributed by atoms with van der Waals surface area (Å²) >= 11 is 0. The Bertz CT molecular complexity index is 508. The van der Waals surface area contributed by atoms with Crippen LogP contribution < -0.4 is 11.1 Å². The van der Waals surface area contributed by atoms with Gasteiger partial charge in [0, 0.05) is 17.3 Å². The molecule has 0 heterocycles. The lowest BCUT2D eigenvalue weighted by atomic mass is 9.95. The Morgan fingerprint density at radius 1 is 1.15 bits per heavy atom. The number of carbonyl (C=O) groups excluding carboxylic acids is 2. The first-order valence-corrected chi connectivity index (χ1v) is 6.90. The Morgan fingerprint density at radius 3 is 2.45 bits per heavy atom. The van der Waals surface area contributed by atoms with Gasteiger partial charge in [-0.3, -0.25) is 4.79 Å². The number of rotatable bonds is 3. The number of amides is 1. The fourth-order valence-electron chi connectivity index (χ4n) is 2.53. The normalized spacial score (nSPS) is 15.7. The highest BCUT2D eigenvalue weighted by Gasteiger charge is 2.18. The van der Waals surface area contributed by atoms with Crippen molar-refractivity contribution in [1.82, 2.24) is 5.32 Å². The molecule has 20 heavy (non-hydrogen) atoms. The largest absolute Gasteiger partial charge is 0.465 e. The third-order valence-electron chi connectivity index (χ3n) is 3.58. The van der Waals surface area contributed by atoms with Crippen LogP contribution in [0.1, 0.15) is 52.8 Å². The number of methoxy groups -OCH3 is 1. The molecule has 0 bridgehead atoms. The molecule has 0 spiro atoms. The number of hydrogen-bond acceptors (Lipinski definition) is 4. The second-order valence-corrected chi connectivity index (χ2v) is 5.14. The number of nitrogen functional groups attached to an aromatic ring is 1. The zero-order valence-electron chi connectivity index (χ0n) is 11.6. The minimum Gasteiger partial charge on any atom is -0.465 e. The van der Waals surface area contributed by atoms with E-state index in [-0.39, 0.29) is 11.9 Å². The van der Waals surface area contributed by atoms with Crippen molar-refractivity contribution in [3.63, 3.8) is 0 Å². The predicted octanol–water partition coefficient (Wildman–Crippen LogP) is 2.12. The van der Waals surface area contributed by atoms with Crippen LogP contribution in [-0.2, 0) is 4.74 Å². The number of carbonyl (C=O) groups is 2. The number of nitrogens with one attached hydrogen (secondary N) is 1. The highest BCUT2D eigenvalue weighted by atomic mass is 16.5. The smallest absolute Gasteiger partial charge is 0.337 e. The monoisotopic (exact) mass is 276 g/mol. The van der Waals surface area contributed by atoms with Gasteiger partial charge in [-0.25, -0.2) is 4.79 Å². The van der Waals surface area contributed by atoms with E-state index in [1.54, 1.807) is 6.07 Å². The molecule has 108 valence electrons. The van der Waals surface area contributed by atoms with Gasteiger partial charge in [-0.15, -0.1) is 0 Å². The molecule has 1 aliphatic carbocycles. The summed E-state index contributed by atoms with van der Waals surface area (Å²) in [4.78, 5) is 23.7. The molecule has 0 unspecified atom stereocenters. The average Bonchev–Trinajstić information content (AvgIpc) is 2.46. The minimum atomic E-state index is -0.496. The van der Waals surface area contributed by atoms with E-state index in [2.05, 4.69) is 10.1 Å². The molecule has 3 N–H and O–H groups in total. The van der Waals surface area contributed by atoms with Crippen molar-refractivity contribution in [3.05, 3.63) is 29.3 Å². The molecule has 5 heteroatoms. The van der Waals surface area contributed by atoms with Gasteiger partial charge in [-0.05, 0) is 31.0 Å². The molecule has 1 fully saturated rings. The number of benzene rings is 1. The first kappa shape index (κ1) is 14.4. The Morgan fingerprint density at radius 2 is 1.80 bits per heavy atom. The maximum Gasteiger partial charge on any atom is 0.337 e. The standard InChI is InChI=1S/C15H20N2O3/c1-20-15(19)11-7-10(8-12(16)9-11)14(18)17-13-5-3-2-4-6-13/h7-9,13H,2-6,16H2,1H3,(H,17,18). The summed E-state index contributed by atoms with van der Waals surface area (Å²) < 4.78 is 4.65. The minimum absolute atomic E-state index is 0.186. The maximum absolute atomic E-state index is 12.2. The Kier molecular flexibility index (Phi) is 4.61. The summed E-state index contributed by atoms with van der Waals surface area (Å²) in [5, 5.41) is 3.00. The molecule has 1 aromatic rings. The zero-order valence-corrected chi connectivity index (χ0v) is 11.6. The lowest BCUT2D eigenvalue weighted by Crippen LogP contribution is -2.36. The summed E-state index contributed by atoms with van der Waals surface area (Å²) in [6.45, 7) is 0. The molecule has 1 saturated carbocycles. The fraction of sp³-hybridized carbons (Fsp3) is 0.467. The quantitative estimate of drug-likeness (QED) is 0.654. The molecule has 0 atom stereocenters. The van der Waals surface area contributed by atoms with Crippen molar-refractivity contribution in [2.24, 2.45) is 0 Å². The van der Waals surface area contributed by atoms with Gasteiger partial charge in [-0.1, -0.05) is 19.3 Å². The summed E-state index contributed by atoms with van der Waals surface area (Å²) in [7, 11) is 1.30. The van der Waals surface area contributed by atoms with Crippen LogP contribution in [0.2, 0.25) is 0 Å². The Hall–Kier alpha value is -2.04. The van der Waals surface area contributed by atoms with Crippen molar-refractivity contribution in [3.8, 4) is 0 Å². The Labute approximate surface area is 118 Å². The molecule has 0 aromatic heterocycles. The van der Waals surface area contributed by atoms with Gasteiger partial charge < -0.3 is 15.8 Å². The summed E-state index contributed by atoms with van der Waals surface area (Å²) in [6, 6.07) is 4.81. The predicted molar refractivity (Wildman–Crippen MR) is 76.5 cm³/mol. The SMILES string of the molecule is COC(=O)c1cc(N)cc(C(=O)NC2CCCCC2)c1. The van der Waals surface area contributed by atoms with Crippen molar-refractivity contribution in [2.45, 2.75) is 38.1 Å². The van der Waals surface area contributed by atoms with Gasteiger partial charge in [0.1, 0.15) is 0 Å². The zero-order chi connectivity index (χ0) is 14.5. The van der Waals surface area contributed by atoms with Crippen molar-refractivity contribution >= 4 is 17.6 Å². The molecule has 5 nitrogen and oxygen atoms in total. The van der Waals surface area contributed by atoms with E-state index in [1.165, 1.54) is 25.7 Å². The van der Waals surface area contributed by atoms with Gasteiger partial charge in [0.05, 0.1) is 12.7 Å². The summed E-state index contributed by atoms with van der Waals surface area (Å²) in [6.07, 6.45) is 5.55. The number of hydrogen-bond donors (Lipinski definition) is 2. The first-order valence-electron chi connectivity index (χ1n) is 6.90. The molecule has 1 aromatic carbocycles. The number of anilines is 1. The summed E-state index contributed by atoms with van der Waals surface area (Å²) in [5.74, 6) is -0.682. The van der Waals surface area contributed by atoms with Crippen LogP contribution in [0, 0.1) is 0 Å². The fourth-order valence-corrected chi connectivity index (χ4v) is 2.53. The van der Waals surface area contributed by atoms with E-state index in [9.17, 15) is 9.59 Å². The highest BCUT2D eigenvalue weighted by Crippen LogP contribution is 2.19.